The molecular weight excluding hydrogens is 308 g/mol. The quantitative estimate of drug-likeness (QED) is 0.693. The normalized spacial score (nSPS) is 12.0. The third kappa shape index (κ3) is 4.64. The second-order valence-electron chi connectivity index (χ2n) is 5.81. The molecule has 0 fully saturated rings. The number of pyridine rings is 1. The Kier molecular flexibility index (Phi) is 5.37. The summed E-state index contributed by atoms with van der Waals surface area (Å²) in [4.78, 5) is 16.4. The van der Waals surface area contributed by atoms with Gasteiger partial charge in [-0.05, 0) is 47.9 Å². The Morgan fingerprint density at radius 1 is 0.960 bits per heavy atom. The van der Waals surface area contributed by atoms with E-state index in [0.717, 1.165) is 22.4 Å². The van der Waals surface area contributed by atoms with Gasteiger partial charge in [0.25, 0.3) is 0 Å². The molecule has 0 aliphatic carbocycles. The molecule has 25 heavy (non-hydrogen) atoms. The number of nitrogens with one attached hydrogen (secondary N) is 1. The average molecular weight is 328 g/mol. The van der Waals surface area contributed by atoms with E-state index in [9.17, 15) is 4.79 Å². The van der Waals surface area contributed by atoms with Gasteiger partial charge in [-0.15, -0.1) is 0 Å². The highest BCUT2D eigenvalue weighted by atomic mass is 16.1. The van der Waals surface area contributed by atoms with Crippen molar-refractivity contribution in [1.82, 2.24) is 10.3 Å². The molecule has 0 aliphatic heterocycles. The van der Waals surface area contributed by atoms with Gasteiger partial charge in [-0.25, -0.2) is 0 Å². The molecule has 3 aromatic rings. The maximum atomic E-state index is 12.1. The van der Waals surface area contributed by atoms with E-state index in [1.54, 1.807) is 12.3 Å². The minimum atomic E-state index is -0.136. The molecule has 0 aliphatic rings. The van der Waals surface area contributed by atoms with Crippen LogP contribution in [0.4, 0.5) is 0 Å². The van der Waals surface area contributed by atoms with Crippen molar-refractivity contribution < 1.29 is 4.79 Å². The first kappa shape index (κ1) is 16.7. The van der Waals surface area contributed by atoms with Crippen LogP contribution in [0.5, 0.6) is 0 Å². The van der Waals surface area contributed by atoms with Gasteiger partial charge in [0.15, 0.2) is 0 Å². The van der Waals surface area contributed by atoms with Crippen molar-refractivity contribution in [2.75, 3.05) is 0 Å². The molecule has 1 N–H and O–H groups in total. The summed E-state index contributed by atoms with van der Waals surface area (Å²) in [7, 11) is 0. The molecule has 2 aromatic carbocycles. The fourth-order valence-electron chi connectivity index (χ4n) is 2.59. The van der Waals surface area contributed by atoms with E-state index >= 15 is 0 Å². The molecule has 124 valence electrons. The van der Waals surface area contributed by atoms with Crippen LogP contribution in [-0.2, 0) is 4.79 Å². The molecule has 1 heterocycles. The highest BCUT2D eigenvalue weighted by molar-refractivity contribution is 5.92. The third-order valence-electron chi connectivity index (χ3n) is 3.91. The number of carbonyl (C=O) groups excluding carboxylic acids is 1. The number of hydrogen-bond donors (Lipinski definition) is 1. The Bertz CT molecular complexity index is 857. The zero-order chi connectivity index (χ0) is 17.5. The summed E-state index contributed by atoms with van der Waals surface area (Å²) in [6.45, 7) is 1.92. The van der Waals surface area contributed by atoms with Gasteiger partial charge in [0, 0.05) is 12.3 Å². The maximum absolute atomic E-state index is 12.1. The molecular formula is C22H20N2O. The molecule has 3 rings (SSSR count). The number of carbonyl (C=O) groups is 1. The summed E-state index contributed by atoms with van der Waals surface area (Å²) in [6, 6.07) is 23.8. The van der Waals surface area contributed by atoms with E-state index in [4.69, 9.17) is 0 Å². The van der Waals surface area contributed by atoms with E-state index in [-0.39, 0.29) is 11.9 Å². The largest absolute Gasteiger partial charge is 0.344 e. The topological polar surface area (TPSA) is 42.0 Å². The van der Waals surface area contributed by atoms with Crippen molar-refractivity contribution >= 4 is 12.0 Å². The van der Waals surface area contributed by atoms with Gasteiger partial charge in [0.1, 0.15) is 0 Å². The lowest BCUT2D eigenvalue weighted by atomic mass is 10.0. The van der Waals surface area contributed by atoms with Crippen LogP contribution in [0.15, 0.2) is 85.1 Å². The summed E-state index contributed by atoms with van der Waals surface area (Å²) >= 11 is 0. The second kappa shape index (κ2) is 8.06. The molecule has 0 bridgehead atoms. The third-order valence-corrected chi connectivity index (χ3v) is 3.91. The van der Waals surface area contributed by atoms with Crippen molar-refractivity contribution in [3.63, 3.8) is 0 Å². The van der Waals surface area contributed by atoms with E-state index in [2.05, 4.69) is 34.6 Å². The van der Waals surface area contributed by atoms with Gasteiger partial charge in [-0.3, -0.25) is 9.78 Å². The molecule has 1 atom stereocenters. The second-order valence-corrected chi connectivity index (χ2v) is 5.81. The molecule has 3 heteroatoms. The number of hydrogen-bond acceptors (Lipinski definition) is 2. The van der Waals surface area contributed by atoms with Crippen LogP contribution in [0.2, 0.25) is 0 Å². The lowest BCUT2D eigenvalue weighted by Crippen LogP contribution is -2.25. The number of amides is 1. The van der Waals surface area contributed by atoms with Crippen molar-refractivity contribution in [2.45, 2.75) is 13.0 Å². The summed E-state index contributed by atoms with van der Waals surface area (Å²) in [5, 5.41) is 2.92. The van der Waals surface area contributed by atoms with E-state index in [1.807, 2.05) is 61.5 Å². The maximum Gasteiger partial charge on any atom is 0.244 e. The van der Waals surface area contributed by atoms with E-state index < -0.39 is 0 Å². The summed E-state index contributed by atoms with van der Waals surface area (Å²) < 4.78 is 0. The Morgan fingerprint density at radius 3 is 2.48 bits per heavy atom. The Morgan fingerprint density at radius 2 is 1.72 bits per heavy atom. The van der Waals surface area contributed by atoms with E-state index in [1.165, 1.54) is 0 Å². The summed E-state index contributed by atoms with van der Waals surface area (Å²) in [5.41, 5.74) is 4.12. The molecule has 0 radical (unpaired) electrons. The van der Waals surface area contributed by atoms with Crippen molar-refractivity contribution in [2.24, 2.45) is 0 Å². The van der Waals surface area contributed by atoms with Crippen LogP contribution in [0, 0.1) is 0 Å². The number of aromatic nitrogens is 1. The molecule has 0 saturated carbocycles. The summed E-state index contributed by atoms with van der Waals surface area (Å²) in [6.07, 6.45) is 5.11. The SMILES string of the molecule is C[C@@H](NC(=O)/C=C\c1cccc(-c2ccccc2)c1)c1ccccn1. The number of nitrogens with zero attached hydrogens (tertiary/aromatic N) is 1. The zero-order valence-electron chi connectivity index (χ0n) is 14.1. The zero-order valence-corrected chi connectivity index (χ0v) is 14.1. The molecule has 1 amide bonds. The van der Waals surface area contributed by atoms with Crippen molar-refractivity contribution in [3.05, 3.63) is 96.3 Å². The predicted octanol–water partition coefficient (Wildman–Crippen LogP) is 4.64. The standard InChI is InChI=1S/C22H20N2O/c1-17(21-12-5-6-15-23-21)24-22(25)14-13-18-8-7-11-20(16-18)19-9-3-2-4-10-19/h2-17H,1H3,(H,24,25)/b14-13-/t17-/m1/s1. The summed E-state index contributed by atoms with van der Waals surface area (Å²) in [5.74, 6) is -0.136. The first-order chi connectivity index (χ1) is 12.2. The van der Waals surface area contributed by atoms with Gasteiger partial charge in [0.05, 0.1) is 11.7 Å². The van der Waals surface area contributed by atoms with Crippen LogP contribution >= 0.6 is 0 Å². The Hall–Kier alpha value is -3.20. The molecule has 3 nitrogen and oxygen atoms in total. The first-order valence-corrected chi connectivity index (χ1v) is 8.27. The fraction of sp³-hybridized carbons (Fsp3) is 0.0909. The van der Waals surface area contributed by atoms with Crippen LogP contribution in [0.3, 0.4) is 0 Å². The average Bonchev–Trinajstić information content (AvgIpc) is 2.68. The van der Waals surface area contributed by atoms with Gasteiger partial charge in [-0.2, -0.15) is 0 Å². The highest BCUT2D eigenvalue weighted by Gasteiger charge is 2.07. The smallest absolute Gasteiger partial charge is 0.244 e. The van der Waals surface area contributed by atoms with Crippen LogP contribution in [0.1, 0.15) is 24.2 Å². The number of benzene rings is 2. The van der Waals surface area contributed by atoms with Crippen molar-refractivity contribution in [1.29, 1.82) is 0 Å². The van der Waals surface area contributed by atoms with Gasteiger partial charge < -0.3 is 5.32 Å². The highest BCUT2D eigenvalue weighted by Crippen LogP contribution is 2.20. The fourth-order valence-corrected chi connectivity index (χ4v) is 2.59. The minimum absolute atomic E-state index is 0.131. The lowest BCUT2D eigenvalue weighted by molar-refractivity contribution is -0.117. The van der Waals surface area contributed by atoms with Gasteiger partial charge >= 0.3 is 0 Å². The van der Waals surface area contributed by atoms with Gasteiger partial charge in [-0.1, -0.05) is 54.6 Å². The lowest BCUT2D eigenvalue weighted by Gasteiger charge is -2.11. The predicted molar refractivity (Wildman–Crippen MR) is 102 cm³/mol. The van der Waals surface area contributed by atoms with Crippen molar-refractivity contribution in [3.8, 4) is 11.1 Å². The molecule has 1 aromatic heterocycles. The van der Waals surface area contributed by atoms with Crippen LogP contribution in [0.25, 0.3) is 17.2 Å². The molecule has 0 spiro atoms. The van der Waals surface area contributed by atoms with Crippen LogP contribution in [-0.4, -0.2) is 10.9 Å². The van der Waals surface area contributed by atoms with Crippen LogP contribution < -0.4 is 5.32 Å². The Balaban J connectivity index is 1.67. The monoisotopic (exact) mass is 328 g/mol. The van der Waals surface area contributed by atoms with Gasteiger partial charge in [0.2, 0.25) is 5.91 Å². The molecule has 0 unspecified atom stereocenters. The number of rotatable bonds is 5. The first-order valence-electron chi connectivity index (χ1n) is 8.27. The molecule has 0 saturated heterocycles. The Labute approximate surface area is 148 Å². The minimum Gasteiger partial charge on any atom is -0.344 e. The van der Waals surface area contributed by atoms with E-state index in [0.29, 0.717) is 0 Å².